The van der Waals surface area contributed by atoms with Crippen molar-refractivity contribution in [3.63, 3.8) is 0 Å². The zero-order chi connectivity index (χ0) is 16.3. The summed E-state index contributed by atoms with van der Waals surface area (Å²) < 4.78 is 13.4. The van der Waals surface area contributed by atoms with E-state index in [2.05, 4.69) is 12.2 Å². The summed E-state index contributed by atoms with van der Waals surface area (Å²) in [6.45, 7) is 8.21. The van der Waals surface area contributed by atoms with E-state index >= 15 is 0 Å². The Balaban J connectivity index is 1.87. The number of hydrogen-bond donors (Lipinski definition) is 1. The fourth-order valence-corrected chi connectivity index (χ4v) is 3.03. The van der Waals surface area contributed by atoms with Crippen molar-refractivity contribution < 1.29 is 9.18 Å². The van der Waals surface area contributed by atoms with Crippen LogP contribution in [0.2, 0.25) is 5.02 Å². The highest BCUT2D eigenvalue weighted by molar-refractivity contribution is 6.30. The molecule has 0 aliphatic carbocycles. The third-order valence-corrected chi connectivity index (χ3v) is 4.57. The van der Waals surface area contributed by atoms with Gasteiger partial charge in [0.25, 0.3) is 0 Å². The van der Waals surface area contributed by atoms with Gasteiger partial charge in [0.05, 0.1) is 5.02 Å². The molecule has 0 saturated carbocycles. The van der Waals surface area contributed by atoms with Gasteiger partial charge in [0, 0.05) is 31.6 Å². The second-order valence-electron chi connectivity index (χ2n) is 6.44. The summed E-state index contributed by atoms with van der Waals surface area (Å²) in [7, 11) is 0. The standard InChI is InChI=1S/C17H24ClFN2O/c1-11(2)17(22)21-7-6-16(12(3)10-21)20-9-13-4-5-14(18)15(19)8-13/h4-5,8,11-12,16,20H,6-7,9-10H2,1-3H3/t12-,16+/m0/s1. The molecule has 1 aliphatic heterocycles. The van der Waals surface area contributed by atoms with Crippen LogP contribution in [0.1, 0.15) is 32.8 Å². The van der Waals surface area contributed by atoms with Gasteiger partial charge < -0.3 is 10.2 Å². The highest BCUT2D eigenvalue weighted by Crippen LogP contribution is 2.20. The van der Waals surface area contributed by atoms with E-state index in [0.29, 0.717) is 18.5 Å². The van der Waals surface area contributed by atoms with Crippen molar-refractivity contribution in [2.45, 2.75) is 39.8 Å². The molecule has 122 valence electrons. The number of benzene rings is 1. The summed E-state index contributed by atoms with van der Waals surface area (Å²) in [4.78, 5) is 14.0. The number of amides is 1. The molecule has 0 bridgehead atoms. The normalized spacial score (nSPS) is 22.2. The lowest BCUT2D eigenvalue weighted by Gasteiger charge is -2.38. The van der Waals surface area contributed by atoms with Crippen molar-refractivity contribution in [3.8, 4) is 0 Å². The molecule has 3 nitrogen and oxygen atoms in total. The second kappa shape index (κ2) is 7.42. The maximum Gasteiger partial charge on any atom is 0.225 e. The molecular formula is C17H24ClFN2O. The Morgan fingerprint density at radius 1 is 1.50 bits per heavy atom. The predicted octanol–water partition coefficient (Wildman–Crippen LogP) is 3.46. The minimum absolute atomic E-state index is 0.0498. The average molecular weight is 327 g/mol. The Morgan fingerprint density at radius 3 is 2.82 bits per heavy atom. The average Bonchev–Trinajstić information content (AvgIpc) is 2.48. The maximum atomic E-state index is 13.4. The van der Waals surface area contributed by atoms with Gasteiger partial charge in [-0.25, -0.2) is 4.39 Å². The highest BCUT2D eigenvalue weighted by Gasteiger charge is 2.29. The zero-order valence-electron chi connectivity index (χ0n) is 13.4. The topological polar surface area (TPSA) is 32.3 Å². The van der Waals surface area contributed by atoms with Crippen molar-refractivity contribution in [1.29, 1.82) is 0 Å². The van der Waals surface area contributed by atoms with Crippen molar-refractivity contribution in [3.05, 3.63) is 34.6 Å². The number of carbonyl (C=O) groups is 1. The molecule has 0 radical (unpaired) electrons. The fraction of sp³-hybridized carbons (Fsp3) is 0.588. The molecular weight excluding hydrogens is 303 g/mol. The molecule has 5 heteroatoms. The number of carbonyl (C=O) groups excluding carboxylic acids is 1. The van der Waals surface area contributed by atoms with E-state index in [0.717, 1.165) is 25.1 Å². The van der Waals surface area contributed by atoms with Crippen LogP contribution in [0.25, 0.3) is 0 Å². The minimum Gasteiger partial charge on any atom is -0.342 e. The quantitative estimate of drug-likeness (QED) is 0.919. The largest absolute Gasteiger partial charge is 0.342 e. The molecule has 2 rings (SSSR count). The van der Waals surface area contributed by atoms with Gasteiger partial charge >= 0.3 is 0 Å². The van der Waals surface area contributed by atoms with Crippen LogP contribution in [0.4, 0.5) is 4.39 Å². The first-order valence-corrected chi connectivity index (χ1v) is 8.22. The molecule has 22 heavy (non-hydrogen) atoms. The van der Waals surface area contributed by atoms with Crippen LogP contribution < -0.4 is 5.32 Å². The number of likely N-dealkylation sites (tertiary alicyclic amines) is 1. The summed E-state index contributed by atoms with van der Waals surface area (Å²) in [5.41, 5.74) is 0.884. The van der Waals surface area contributed by atoms with Crippen LogP contribution >= 0.6 is 11.6 Å². The summed E-state index contributed by atoms with van der Waals surface area (Å²) in [6.07, 6.45) is 0.926. The molecule has 1 fully saturated rings. The van der Waals surface area contributed by atoms with E-state index in [1.54, 1.807) is 6.07 Å². The van der Waals surface area contributed by atoms with E-state index in [1.807, 2.05) is 24.8 Å². The molecule has 0 spiro atoms. The van der Waals surface area contributed by atoms with Crippen LogP contribution in [0.15, 0.2) is 18.2 Å². The number of halogens is 2. The van der Waals surface area contributed by atoms with Gasteiger partial charge in [-0.1, -0.05) is 38.4 Å². The molecule has 1 aromatic rings. The Hall–Kier alpha value is -1.13. The second-order valence-corrected chi connectivity index (χ2v) is 6.85. The number of hydrogen-bond acceptors (Lipinski definition) is 2. The third kappa shape index (κ3) is 4.20. The van der Waals surface area contributed by atoms with E-state index < -0.39 is 0 Å². The van der Waals surface area contributed by atoms with Crippen LogP contribution in [0.5, 0.6) is 0 Å². The third-order valence-electron chi connectivity index (χ3n) is 4.26. The number of rotatable bonds is 4. The molecule has 1 N–H and O–H groups in total. The highest BCUT2D eigenvalue weighted by atomic mass is 35.5. The van der Waals surface area contributed by atoms with Gasteiger partial charge in [-0.15, -0.1) is 0 Å². The van der Waals surface area contributed by atoms with Gasteiger partial charge in [-0.2, -0.15) is 0 Å². The summed E-state index contributed by atoms with van der Waals surface area (Å²) in [6, 6.07) is 5.23. The summed E-state index contributed by atoms with van der Waals surface area (Å²) >= 11 is 5.69. The van der Waals surface area contributed by atoms with Crippen LogP contribution in [-0.4, -0.2) is 29.9 Å². The van der Waals surface area contributed by atoms with Crippen molar-refractivity contribution >= 4 is 17.5 Å². The molecule has 0 aromatic heterocycles. The van der Waals surface area contributed by atoms with Gasteiger partial charge in [0.15, 0.2) is 0 Å². The van der Waals surface area contributed by atoms with E-state index in [9.17, 15) is 9.18 Å². The molecule has 1 saturated heterocycles. The van der Waals surface area contributed by atoms with Gasteiger partial charge in [-0.05, 0) is 30.0 Å². The summed E-state index contributed by atoms with van der Waals surface area (Å²) in [5.74, 6) is 0.277. The lowest BCUT2D eigenvalue weighted by molar-refractivity contribution is -0.136. The van der Waals surface area contributed by atoms with E-state index in [1.165, 1.54) is 6.07 Å². The lowest BCUT2D eigenvalue weighted by Crippen LogP contribution is -2.50. The van der Waals surface area contributed by atoms with E-state index in [4.69, 9.17) is 11.6 Å². The molecule has 1 aliphatic rings. The first-order valence-electron chi connectivity index (χ1n) is 7.84. The number of piperidine rings is 1. The Morgan fingerprint density at radius 2 is 2.23 bits per heavy atom. The fourth-order valence-electron chi connectivity index (χ4n) is 2.91. The van der Waals surface area contributed by atoms with Crippen LogP contribution in [0, 0.1) is 17.7 Å². The van der Waals surface area contributed by atoms with Gasteiger partial charge in [0.2, 0.25) is 5.91 Å². The molecule has 1 aromatic carbocycles. The molecule has 1 amide bonds. The molecule has 0 unspecified atom stereocenters. The monoisotopic (exact) mass is 326 g/mol. The van der Waals surface area contributed by atoms with Crippen molar-refractivity contribution in [2.24, 2.45) is 11.8 Å². The lowest BCUT2D eigenvalue weighted by atomic mass is 9.93. The van der Waals surface area contributed by atoms with E-state index in [-0.39, 0.29) is 22.7 Å². The first kappa shape index (κ1) is 17.2. The Labute approximate surface area is 136 Å². The SMILES string of the molecule is CC(C)C(=O)N1CC[C@@H](NCc2ccc(Cl)c(F)c2)[C@@H](C)C1. The summed E-state index contributed by atoms with van der Waals surface area (Å²) in [5, 5.41) is 3.63. The minimum atomic E-state index is -0.383. The number of nitrogens with one attached hydrogen (secondary N) is 1. The van der Waals surface area contributed by atoms with Gasteiger partial charge in [0.1, 0.15) is 5.82 Å². The number of nitrogens with zero attached hydrogens (tertiary/aromatic N) is 1. The molecule has 2 atom stereocenters. The van der Waals surface area contributed by atoms with Crippen LogP contribution in [0.3, 0.4) is 0 Å². The Kier molecular flexibility index (Phi) is 5.81. The van der Waals surface area contributed by atoms with Crippen molar-refractivity contribution in [1.82, 2.24) is 10.2 Å². The maximum absolute atomic E-state index is 13.4. The predicted molar refractivity (Wildman–Crippen MR) is 87.2 cm³/mol. The van der Waals surface area contributed by atoms with Gasteiger partial charge in [-0.3, -0.25) is 4.79 Å². The zero-order valence-corrected chi connectivity index (χ0v) is 14.2. The smallest absolute Gasteiger partial charge is 0.225 e. The van der Waals surface area contributed by atoms with Crippen LogP contribution in [-0.2, 0) is 11.3 Å². The van der Waals surface area contributed by atoms with Crippen molar-refractivity contribution in [2.75, 3.05) is 13.1 Å². The molecule has 1 heterocycles. The first-order chi connectivity index (χ1) is 10.4. The Bertz CT molecular complexity index is 535.